The van der Waals surface area contributed by atoms with Gasteiger partial charge in [-0.05, 0) is 98.9 Å². The second kappa shape index (κ2) is 10.0. The Morgan fingerprint density at radius 3 is 2.03 bits per heavy atom. The summed E-state index contributed by atoms with van der Waals surface area (Å²) in [6.07, 6.45) is 6.26. The van der Waals surface area contributed by atoms with E-state index in [4.69, 9.17) is 4.74 Å². The van der Waals surface area contributed by atoms with Gasteiger partial charge in [-0.2, -0.15) is 8.78 Å². The van der Waals surface area contributed by atoms with Crippen LogP contribution in [0.3, 0.4) is 0 Å². The molecular formula is C27H35F3OSi. The van der Waals surface area contributed by atoms with Gasteiger partial charge < -0.3 is 4.74 Å². The molecule has 2 aliphatic carbocycles. The Bertz CT molecular complexity index is 882. The molecule has 0 aliphatic heterocycles. The maximum Gasteiger partial charge on any atom is 0.429 e. The molecule has 4 rings (SSSR count). The fourth-order valence-corrected chi connectivity index (χ4v) is 6.64. The van der Waals surface area contributed by atoms with Gasteiger partial charge >= 0.3 is 6.11 Å². The SMILES string of the molecule is Cc1ccc(OC(F)(F)c2ccc(C3CCC(C4CCC(C[SiH3])CC4)CC3)cc2F)cc1. The first kappa shape index (κ1) is 23.4. The molecule has 2 saturated carbocycles. The fourth-order valence-electron chi connectivity index (χ4n) is 5.82. The topological polar surface area (TPSA) is 9.23 Å². The van der Waals surface area contributed by atoms with Crippen LogP contribution >= 0.6 is 0 Å². The lowest BCUT2D eigenvalue weighted by Gasteiger charge is -2.38. The van der Waals surface area contributed by atoms with Gasteiger partial charge in [0.25, 0.3) is 0 Å². The van der Waals surface area contributed by atoms with Gasteiger partial charge in [-0.3, -0.25) is 0 Å². The lowest BCUT2D eigenvalue weighted by molar-refractivity contribution is -0.187. The highest BCUT2D eigenvalue weighted by molar-refractivity contribution is 6.08. The Balaban J connectivity index is 1.36. The summed E-state index contributed by atoms with van der Waals surface area (Å²) in [7, 11) is 1.32. The Labute approximate surface area is 193 Å². The first-order valence-corrected chi connectivity index (χ1v) is 13.7. The maximum atomic E-state index is 14.7. The Kier molecular flexibility index (Phi) is 7.33. The lowest BCUT2D eigenvalue weighted by Crippen LogP contribution is -2.26. The zero-order valence-corrected chi connectivity index (χ0v) is 21.3. The molecule has 32 heavy (non-hydrogen) atoms. The smallest absolute Gasteiger partial charge is 0.429 e. The second-order valence-corrected chi connectivity index (χ2v) is 10.8. The van der Waals surface area contributed by atoms with Crippen LogP contribution in [0.15, 0.2) is 42.5 Å². The van der Waals surface area contributed by atoms with Gasteiger partial charge in [0.15, 0.2) is 0 Å². The molecule has 2 fully saturated rings. The van der Waals surface area contributed by atoms with E-state index < -0.39 is 17.5 Å². The molecule has 1 nitrogen and oxygen atoms in total. The van der Waals surface area contributed by atoms with Crippen molar-refractivity contribution in [3.63, 3.8) is 0 Å². The van der Waals surface area contributed by atoms with Crippen molar-refractivity contribution in [1.29, 1.82) is 0 Å². The van der Waals surface area contributed by atoms with E-state index in [-0.39, 0.29) is 11.7 Å². The van der Waals surface area contributed by atoms with Crippen molar-refractivity contribution in [1.82, 2.24) is 0 Å². The summed E-state index contributed by atoms with van der Waals surface area (Å²) in [5, 5.41) is 0. The van der Waals surface area contributed by atoms with Crippen LogP contribution in [0.25, 0.3) is 0 Å². The summed E-state index contributed by atoms with van der Waals surface area (Å²) in [5.41, 5.74) is 1.09. The van der Waals surface area contributed by atoms with Gasteiger partial charge in [-0.15, -0.1) is 0 Å². The highest BCUT2D eigenvalue weighted by Crippen LogP contribution is 2.45. The maximum absolute atomic E-state index is 14.7. The zero-order valence-electron chi connectivity index (χ0n) is 19.3. The van der Waals surface area contributed by atoms with Crippen molar-refractivity contribution >= 4 is 10.2 Å². The Morgan fingerprint density at radius 2 is 1.47 bits per heavy atom. The number of aryl methyl sites for hydroxylation is 1. The van der Waals surface area contributed by atoms with Gasteiger partial charge in [0.1, 0.15) is 11.6 Å². The van der Waals surface area contributed by atoms with E-state index in [1.807, 2.05) is 6.92 Å². The van der Waals surface area contributed by atoms with Gasteiger partial charge in [-0.25, -0.2) is 4.39 Å². The van der Waals surface area contributed by atoms with Crippen molar-refractivity contribution < 1.29 is 17.9 Å². The average molecular weight is 461 g/mol. The molecule has 0 saturated heterocycles. The van der Waals surface area contributed by atoms with E-state index in [9.17, 15) is 13.2 Å². The van der Waals surface area contributed by atoms with E-state index in [1.54, 1.807) is 18.2 Å². The number of rotatable bonds is 6. The fraction of sp³-hybridized carbons (Fsp3) is 0.556. The number of hydrogen-bond donors (Lipinski definition) is 0. The van der Waals surface area contributed by atoms with E-state index in [1.165, 1.54) is 79.1 Å². The monoisotopic (exact) mass is 460 g/mol. The molecule has 2 aromatic carbocycles. The summed E-state index contributed by atoms with van der Waals surface area (Å²) in [6.45, 7) is 1.87. The molecule has 0 amide bonds. The summed E-state index contributed by atoms with van der Waals surface area (Å²) < 4.78 is 48.8. The van der Waals surface area contributed by atoms with Gasteiger partial charge in [0.2, 0.25) is 0 Å². The van der Waals surface area contributed by atoms with Crippen molar-refractivity contribution in [3.05, 3.63) is 65.0 Å². The largest absolute Gasteiger partial charge is 0.429 e. The van der Waals surface area contributed by atoms with Gasteiger partial charge in [0, 0.05) is 10.2 Å². The normalized spacial score (nSPS) is 26.8. The standard InChI is InChI=1S/C27H35F3OSi/c1-18-2-13-24(14-3-18)31-27(29,30)25-15-12-23(16-26(25)28)22-10-8-21(9-11-22)20-6-4-19(17-32)5-7-20/h2-3,12-16,19-22H,4-11,17H2,1,32H3. The van der Waals surface area contributed by atoms with Gasteiger partial charge in [-0.1, -0.05) is 42.6 Å². The number of alkyl halides is 2. The predicted molar refractivity (Wildman–Crippen MR) is 127 cm³/mol. The number of benzene rings is 2. The van der Waals surface area contributed by atoms with Crippen LogP contribution in [-0.2, 0) is 6.11 Å². The molecule has 0 spiro atoms. The van der Waals surface area contributed by atoms with Crippen molar-refractivity contribution in [2.24, 2.45) is 17.8 Å². The van der Waals surface area contributed by atoms with Crippen molar-refractivity contribution in [2.45, 2.75) is 76.4 Å². The highest BCUT2D eigenvalue weighted by atomic mass is 28.1. The number of hydrogen-bond acceptors (Lipinski definition) is 1. The number of halogens is 3. The third-order valence-electron chi connectivity index (χ3n) is 7.95. The summed E-state index contributed by atoms with van der Waals surface area (Å²) >= 11 is 0. The minimum Gasteiger partial charge on any atom is -0.429 e. The van der Waals surface area contributed by atoms with Crippen LogP contribution in [-0.4, -0.2) is 10.2 Å². The molecule has 0 unspecified atom stereocenters. The zero-order chi connectivity index (χ0) is 22.7. The Hall–Kier alpha value is -1.75. The van der Waals surface area contributed by atoms with Crippen LogP contribution in [0.5, 0.6) is 5.75 Å². The van der Waals surface area contributed by atoms with Crippen molar-refractivity contribution in [2.75, 3.05) is 0 Å². The second-order valence-electron chi connectivity index (χ2n) is 9.97. The molecule has 2 aromatic rings. The van der Waals surface area contributed by atoms with E-state index in [0.29, 0.717) is 0 Å². The third kappa shape index (κ3) is 5.41. The van der Waals surface area contributed by atoms with Crippen LogP contribution in [0.4, 0.5) is 13.2 Å². The predicted octanol–water partition coefficient (Wildman–Crippen LogP) is 7.13. The molecule has 0 heterocycles. The summed E-state index contributed by atoms with van der Waals surface area (Å²) in [5.74, 6) is 2.03. The lowest BCUT2D eigenvalue weighted by atomic mass is 9.68. The van der Waals surface area contributed by atoms with Crippen LogP contribution in [0.2, 0.25) is 6.04 Å². The first-order chi connectivity index (χ1) is 15.4. The van der Waals surface area contributed by atoms with Crippen LogP contribution < -0.4 is 4.74 Å². The third-order valence-corrected chi connectivity index (χ3v) is 9.11. The molecular weight excluding hydrogens is 425 g/mol. The minimum absolute atomic E-state index is 0.0254. The molecule has 0 bridgehead atoms. The molecule has 0 radical (unpaired) electrons. The van der Waals surface area contributed by atoms with Crippen LogP contribution in [0, 0.1) is 30.5 Å². The quantitative estimate of drug-likeness (QED) is 0.417. The summed E-state index contributed by atoms with van der Waals surface area (Å²) in [4.78, 5) is 0. The molecule has 0 aromatic heterocycles. The molecule has 5 heteroatoms. The van der Waals surface area contributed by atoms with E-state index >= 15 is 0 Å². The molecule has 0 atom stereocenters. The minimum atomic E-state index is -3.71. The molecule has 2 aliphatic rings. The average Bonchev–Trinajstić information content (AvgIpc) is 2.80. The van der Waals surface area contributed by atoms with Crippen molar-refractivity contribution in [3.8, 4) is 5.75 Å². The molecule has 174 valence electrons. The van der Waals surface area contributed by atoms with E-state index in [0.717, 1.165) is 41.7 Å². The van der Waals surface area contributed by atoms with Crippen LogP contribution in [0.1, 0.15) is 74.0 Å². The Morgan fingerprint density at radius 1 is 0.875 bits per heavy atom. The number of ether oxygens (including phenoxy) is 1. The summed E-state index contributed by atoms with van der Waals surface area (Å²) in [6, 6.07) is 12.0. The molecule has 0 N–H and O–H groups in total. The van der Waals surface area contributed by atoms with E-state index in [2.05, 4.69) is 0 Å². The highest BCUT2D eigenvalue weighted by Gasteiger charge is 2.38. The van der Waals surface area contributed by atoms with Gasteiger partial charge in [0.05, 0.1) is 5.56 Å². The first-order valence-electron chi connectivity index (χ1n) is 12.3.